The van der Waals surface area contributed by atoms with E-state index in [-0.39, 0.29) is 0 Å². The third-order valence-electron chi connectivity index (χ3n) is 2.74. The Morgan fingerprint density at radius 1 is 0.955 bits per heavy atom. The van der Waals surface area contributed by atoms with Crippen molar-refractivity contribution in [1.29, 1.82) is 0 Å². The Bertz CT molecular complexity index is 656. The Kier molecular flexibility index (Phi) is 5.35. The number of hydrogen-bond donors (Lipinski definition) is 2. The molecule has 0 aliphatic heterocycles. The molecule has 0 atom stereocenters. The van der Waals surface area contributed by atoms with Crippen LogP contribution < -0.4 is 15.8 Å². The van der Waals surface area contributed by atoms with Gasteiger partial charge in [0.05, 0.1) is 12.7 Å². The fourth-order valence-corrected chi connectivity index (χ4v) is 1.70. The maximum absolute atomic E-state index is 11.8. The Hall–Kier alpha value is -2.57. The first-order valence-corrected chi connectivity index (χ1v) is 6.64. The molecule has 2 aromatic rings. The summed E-state index contributed by atoms with van der Waals surface area (Å²) in [4.78, 5) is 28.2. The van der Waals surface area contributed by atoms with Gasteiger partial charge >= 0.3 is 5.97 Å². The predicted molar refractivity (Wildman–Crippen MR) is 80.5 cm³/mol. The van der Waals surface area contributed by atoms with Gasteiger partial charge in [0.15, 0.2) is 0 Å². The zero-order chi connectivity index (χ0) is 15.9. The fraction of sp³-hybridized carbons (Fsp3) is 0.0667. The summed E-state index contributed by atoms with van der Waals surface area (Å²) < 4.78 is 4.99. The maximum Gasteiger partial charge on any atom is 0.358 e. The Morgan fingerprint density at radius 3 is 2.14 bits per heavy atom. The van der Waals surface area contributed by atoms with Gasteiger partial charge in [0.25, 0.3) is 5.91 Å². The molecular weight excluding hydrogens is 308 g/mol. The minimum absolute atomic E-state index is 0.301. The molecule has 0 saturated carbocycles. The Labute approximate surface area is 131 Å². The zero-order valence-electron chi connectivity index (χ0n) is 11.6. The number of carbonyl (C=O) groups excluding carboxylic acids is 2. The molecule has 0 bridgehead atoms. The highest BCUT2D eigenvalue weighted by molar-refractivity contribution is 6.30. The number of carbonyl (C=O) groups is 2. The van der Waals surface area contributed by atoms with Crippen molar-refractivity contribution in [3.63, 3.8) is 0 Å². The molecule has 0 unspecified atom stereocenters. The van der Waals surface area contributed by atoms with Gasteiger partial charge in [-0.1, -0.05) is 17.2 Å². The number of methoxy groups -OCH3 is 1. The van der Waals surface area contributed by atoms with Crippen LogP contribution in [-0.4, -0.2) is 19.0 Å². The first-order chi connectivity index (χ1) is 10.6. The van der Waals surface area contributed by atoms with Gasteiger partial charge in [0.1, 0.15) is 5.75 Å². The molecule has 0 aliphatic rings. The van der Waals surface area contributed by atoms with Crippen molar-refractivity contribution in [3.8, 4) is 5.75 Å². The highest BCUT2D eigenvalue weighted by atomic mass is 35.5. The van der Waals surface area contributed by atoms with Crippen molar-refractivity contribution >= 4 is 23.5 Å². The number of benzene rings is 2. The van der Waals surface area contributed by atoms with E-state index in [1.54, 1.807) is 36.4 Å². The largest absolute Gasteiger partial charge is 0.497 e. The van der Waals surface area contributed by atoms with Crippen LogP contribution in [-0.2, 0) is 4.84 Å². The molecule has 2 rings (SSSR count). The fourth-order valence-electron chi connectivity index (χ4n) is 1.58. The van der Waals surface area contributed by atoms with E-state index >= 15 is 0 Å². The average molecular weight is 321 g/mol. The minimum Gasteiger partial charge on any atom is -0.497 e. The van der Waals surface area contributed by atoms with Crippen molar-refractivity contribution in [2.75, 3.05) is 7.11 Å². The molecule has 2 aromatic carbocycles. The molecule has 0 spiro atoms. The van der Waals surface area contributed by atoms with E-state index in [1.807, 2.05) is 0 Å². The van der Waals surface area contributed by atoms with Crippen LogP contribution in [0.1, 0.15) is 20.7 Å². The first kappa shape index (κ1) is 15.8. The van der Waals surface area contributed by atoms with E-state index in [2.05, 4.69) is 11.0 Å². The highest BCUT2D eigenvalue weighted by Crippen LogP contribution is 2.11. The van der Waals surface area contributed by atoms with Crippen LogP contribution in [0.15, 0.2) is 48.5 Å². The third kappa shape index (κ3) is 4.21. The number of nitrogens with one attached hydrogen (secondary N) is 2. The lowest BCUT2D eigenvalue weighted by atomic mass is 10.2. The van der Waals surface area contributed by atoms with Gasteiger partial charge in [-0.2, -0.15) is 0 Å². The van der Waals surface area contributed by atoms with Crippen molar-refractivity contribution in [3.05, 3.63) is 64.7 Å². The van der Waals surface area contributed by atoms with E-state index < -0.39 is 11.9 Å². The molecule has 0 aromatic heterocycles. The SMILES string of the molecule is COc1ccc(C(=O)NNOC(=O)c2ccc(Cl)cc2)cc1. The van der Waals surface area contributed by atoms with Gasteiger partial charge in [0, 0.05) is 10.6 Å². The van der Waals surface area contributed by atoms with Crippen LogP contribution in [0, 0.1) is 0 Å². The highest BCUT2D eigenvalue weighted by Gasteiger charge is 2.09. The van der Waals surface area contributed by atoms with Gasteiger partial charge in [-0.3, -0.25) is 10.2 Å². The summed E-state index contributed by atoms with van der Waals surface area (Å²) in [5, 5.41) is 0.511. The second-order valence-corrected chi connectivity index (χ2v) is 4.62. The number of rotatable bonds is 5. The molecule has 1 amide bonds. The number of hydrazine groups is 1. The number of amides is 1. The summed E-state index contributed by atoms with van der Waals surface area (Å²) in [6, 6.07) is 12.6. The van der Waals surface area contributed by atoms with E-state index in [4.69, 9.17) is 21.2 Å². The van der Waals surface area contributed by atoms with Gasteiger partial charge in [-0.25, -0.2) is 4.79 Å². The topological polar surface area (TPSA) is 76.7 Å². The van der Waals surface area contributed by atoms with Crippen LogP contribution in [0.5, 0.6) is 5.75 Å². The van der Waals surface area contributed by atoms with Gasteiger partial charge in [-0.05, 0) is 48.5 Å². The van der Waals surface area contributed by atoms with Crippen LogP contribution in [0.4, 0.5) is 0 Å². The normalized spacial score (nSPS) is 9.91. The molecule has 0 radical (unpaired) electrons. The molecule has 0 aliphatic carbocycles. The number of hydrogen-bond acceptors (Lipinski definition) is 5. The van der Waals surface area contributed by atoms with Gasteiger partial charge < -0.3 is 9.57 Å². The predicted octanol–water partition coefficient (Wildman–Crippen LogP) is 2.36. The van der Waals surface area contributed by atoms with E-state index in [0.29, 0.717) is 21.9 Å². The van der Waals surface area contributed by atoms with Crippen molar-refractivity contribution in [1.82, 2.24) is 11.0 Å². The zero-order valence-corrected chi connectivity index (χ0v) is 12.4. The quantitative estimate of drug-likeness (QED) is 0.827. The summed E-state index contributed by atoms with van der Waals surface area (Å²) in [6.07, 6.45) is 0. The molecule has 6 nitrogen and oxygen atoms in total. The van der Waals surface area contributed by atoms with E-state index in [1.165, 1.54) is 19.2 Å². The van der Waals surface area contributed by atoms with Crippen molar-refractivity contribution in [2.24, 2.45) is 0 Å². The standard InChI is InChI=1S/C15H13ClN2O4/c1-21-13-8-4-10(5-9-13)14(19)17-18-22-15(20)11-2-6-12(16)7-3-11/h2-9,18H,1H3,(H,17,19). The Morgan fingerprint density at radius 2 is 1.55 bits per heavy atom. The van der Waals surface area contributed by atoms with E-state index in [0.717, 1.165) is 0 Å². The van der Waals surface area contributed by atoms with Crippen LogP contribution in [0.3, 0.4) is 0 Å². The van der Waals surface area contributed by atoms with Crippen molar-refractivity contribution < 1.29 is 19.2 Å². The van der Waals surface area contributed by atoms with Gasteiger partial charge in [0.2, 0.25) is 0 Å². The summed E-state index contributed by atoms with van der Waals surface area (Å²) >= 11 is 5.72. The molecule has 2 N–H and O–H groups in total. The summed E-state index contributed by atoms with van der Waals surface area (Å²) in [5.41, 5.74) is 5.05. The van der Waals surface area contributed by atoms with Crippen LogP contribution >= 0.6 is 11.6 Å². The molecule has 0 fully saturated rings. The minimum atomic E-state index is -0.647. The third-order valence-corrected chi connectivity index (χ3v) is 2.99. The Balaban J connectivity index is 1.83. The first-order valence-electron chi connectivity index (χ1n) is 6.26. The monoisotopic (exact) mass is 320 g/mol. The lowest BCUT2D eigenvalue weighted by Gasteiger charge is -2.08. The average Bonchev–Trinajstić information content (AvgIpc) is 2.55. The lowest BCUT2D eigenvalue weighted by molar-refractivity contribution is 0.0137. The lowest BCUT2D eigenvalue weighted by Crippen LogP contribution is -2.38. The van der Waals surface area contributed by atoms with E-state index in [9.17, 15) is 9.59 Å². The van der Waals surface area contributed by atoms with Crippen molar-refractivity contribution in [2.45, 2.75) is 0 Å². The smallest absolute Gasteiger partial charge is 0.358 e. The molecule has 7 heteroatoms. The number of halogens is 1. The molecule has 0 heterocycles. The molecule has 114 valence electrons. The summed E-state index contributed by atoms with van der Waals surface area (Å²) in [6.45, 7) is 0. The van der Waals surface area contributed by atoms with Crippen LogP contribution in [0.2, 0.25) is 5.02 Å². The van der Waals surface area contributed by atoms with Crippen LogP contribution in [0.25, 0.3) is 0 Å². The maximum atomic E-state index is 11.8. The number of ether oxygens (including phenoxy) is 1. The molecular formula is C15H13ClN2O4. The molecule has 0 saturated heterocycles. The summed E-state index contributed by atoms with van der Waals surface area (Å²) in [7, 11) is 1.53. The molecule has 22 heavy (non-hydrogen) atoms. The second kappa shape index (κ2) is 7.44. The summed E-state index contributed by atoms with van der Waals surface area (Å²) in [5.74, 6) is -0.461. The second-order valence-electron chi connectivity index (χ2n) is 4.18. The van der Waals surface area contributed by atoms with Gasteiger partial charge in [-0.15, -0.1) is 0 Å².